The monoisotopic (exact) mass is 233 g/mol. The van der Waals surface area contributed by atoms with Crippen LogP contribution in [0.4, 0.5) is 0 Å². The Labute approximate surface area is 102 Å². The van der Waals surface area contributed by atoms with Crippen LogP contribution in [0.1, 0.15) is 25.8 Å². The maximum Gasteiger partial charge on any atom is 0.323 e. The maximum atomic E-state index is 11.8. The average Bonchev–Trinajstić information content (AvgIpc) is 2.24. The molecule has 0 aliphatic carbocycles. The summed E-state index contributed by atoms with van der Waals surface area (Å²) in [6, 6.07) is 10.2. The SMILES string of the molecule is CC(C)OC(=O)C1CCN1Cc1ccccc1. The molecule has 3 nitrogen and oxygen atoms in total. The lowest BCUT2D eigenvalue weighted by Gasteiger charge is -2.39. The molecule has 0 spiro atoms. The van der Waals surface area contributed by atoms with E-state index in [1.807, 2.05) is 32.0 Å². The minimum Gasteiger partial charge on any atom is -0.462 e. The van der Waals surface area contributed by atoms with E-state index in [2.05, 4.69) is 17.0 Å². The molecule has 92 valence electrons. The fraction of sp³-hybridized carbons (Fsp3) is 0.500. The van der Waals surface area contributed by atoms with Crippen LogP contribution in [0.15, 0.2) is 30.3 Å². The normalized spacial score (nSPS) is 20.1. The smallest absolute Gasteiger partial charge is 0.323 e. The Morgan fingerprint density at radius 1 is 1.41 bits per heavy atom. The van der Waals surface area contributed by atoms with E-state index in [4.69, 9.17) is 4.74 Å². The van der Waals surface area contributed by atoms with E-state index in [0.717, 1.165) is 19.5 Å². The number of hydrogen-bond acceptors (Lipinski definition) is 3. The van der Waals surface area contributed by atoms with E-state index in [1.165, 1.54) is 5.56 Å². The third kappa shape index (κ3) is 3.07. The highest BCUT2D eigenvalue weighted by Gasteiger charge is 2.35. The van der Waals surface area contributed by atoms with Crippen LogP contribution in [0.3, 0.4) is 0 Å². The van der Waals surface area contributed by atoms with Gasteiger partial charge in [-0.1, -0.05) is 30.3 Å². The number of rotatable bonds is 4. The lowest BCUT2D eigenvalue weighted by Crippen LogP contribution is -2.52. The molecule has 1 aliphatic heterocycles. The Morgan fingerprint density at radius 2 is 2.12 bits per heavy atom. The minimum atomic E-state index is -0.0813. The van der Waals surface area contributed by atoms with Crippen molar-refractivity contribution in [2.75, 3.05) is 6.54 Å². The first-order chi connectivity index (χ1) is 8.16. The predicted molar refractivity (Wildman–Crippen MR) is 66.5 cm³/mol. The van der Waals surface area contributed by atoms with Crippen molar-refractivity contribution in [3.63, 3.8) is 0 Å². The largest absolute Gasteiger partial charge is 0.462 e. The molecule has 0 amide bonds. The fourth-order valence-corrected chi connectivity index (χ4v) is 2.03. The molecule has 1 atom stereocenters. The highest BCUT2D eigenvalue weighted by molar-refractivity contribution is 5.77. The highest BCUT2D eigenvalue weighted by atomic mass is 16.5. The minimum absolute atomic E-state index is 0.0262. The van der Waals surface area contributed by atoms with Crippen molar-refractivity contribution < 1.29 is 9.53 Å². The lowest BCUT2D eigenvalue weighted by atomic mass is 10.0. The van der Waals surface area contributed by atoms with E-state index in [1.54, 1.807) is 0 Å². The Hall–Kier alpha value is -1.35. The molecule has 3 heteroatoms. The number of ether oxygens (including phenoxy) is 1. The summed E-state index contributed by atoms with van der Waals surface area (Å²) in [6.45, 7) is 5.58. The van der Waals surface area contributed by atoms with E-state index in [9.17, 15) is 4.79 Å². The van der Waals surface area contributed by atoms with Crippen LogP contribution >= 0.6 is 0 Å². The molecule has 0 saturated carbocycles. The summed E-state index contributed by atoms with van der Waals surface area (Å²) < 4.78 is 5.24. The number of carbonyl (C=O) groups excluding carboxylic acids is 1. The Kier molecular flexibility index (Phi) is 3.79. The summed E-state index contributed by atoms with van der Waals surface area (Å²) in [5.41, 5.74) is 1.24. The van der Waals surface area contributed by atoms with Gasteiger partial charge in [0.25, 0.3) is 0 Å². The van der Waals surface area contributed by atoms with Crippen LogP contribution in [0.5, 0.6) is 0 Å². The number of hydrogen-bond donors (Lipinski definition) is 0. The van der Waals surface area contributed by atoms with Crippen molar-refractivity contribution in [3.8, 4) is 0 Å². The Balaban J connectivity index is 1.89. The molecular weight excluding hydrogens is 214 g/mol. The molecule has 0 aromatic heterocycles. The molecule has 0 bridgehead atoms. The molecule has 1 aliphatic rings. The van der Waals surface area contributed by atoms with Gasteiger partial charge in [-0.25, -0.2) is 0 Å². The second-order valence-corrected chi connectivity index (χ2v) is 4.75. The van der Waals surface area contributed by atoms with Gasteiger partial charge in [-0.2, -0.15) is 0 Å². The van der Waals surface area contributed by atoms with Crippen LogP contribution in [-0.4, -0.2) is 29.6 Å². The zero-order chi connectivity index (χ0) is 12.3. The summed E-state index contributed by atoms with van der Waals surface area (Å²) in [4.78, 5) is 13.9. The molecule has 17 heavy (non-hydrogen) atoms. The maximum absolute atomic E-state index is 11.8. The quantitative estimate of drug-likeness (QED) is 0.747. The van der Waals surface area contributed by atoms with Gasteiger partial charge in [-0.05, 0) is 25.8 Å². The fourth-order valence-electron chi connectivity index (χ4n) is 2.03. The summed E-state index contributed by atoms with van der Waals surface area (Å²) in [7, 11) is 0. The standard InChI is InChI=1S/C14H19NO2/c1-11(2)17-14(16)13-8-9-15(13)10-12-6-4-3-5-7-12/h3-7,11,13H,8-10H2,1-2H3. The molecule has 1 unspecified atom stereocenters. The molecule has 1 heterocycles. The molecule has 0 N–H and O–H groups in total. The highest BCUT2D eigenvalue weighted by Crippen LogP contribution is 2.21. The van der Waals surface area contributed by atoms with Crippen LogP contribution in [-0.2, 0) is 16.1 Å². The Morgan fingerprint density at radius 3 is 2.65 bits per heavy atom. The average molecular weight is 233 g/mol. The molecule has 1 aromatic carbocycles. The molecule has 0 radical (unpaired) electrons. The van der Waals surface area contributed by atoms with E-state index < -0.39 is 0 Å². The molecule has 1 fully saturated rings. The summed E-state index contributed by atoms with van der Waals surface area (Å²) in [6.07, 6.45) is 0.889. The van der Waals surface area contributed by atoms with Crippen LogP contribution in [0.2, 0.25) is 0 Å². The van der Waals surface area contributed by atoms with Crippen molar-refractivity contribution in [2.24, 2.45) is 0 Å². The van der Waals surface area contributed by atoms with Crippen LogP contribution in [0.25, 0.3) is 0 Å². The van der Waals surface area contributed by atoms with Gasteiger partial charge >= 0.3 is 5.97 Å². The number of likely N-dealkylation sites (tertiary alicyclic amines) is 1. The van der Waals surface area contributed by atoms with Crippen LogP contribution < -0.4 is 0 Å². The van der Waals surface area contributed by atoms with Gasteiger partial charge < -0.3 is 4.74 Å². The van der Waals surface area contributed by atoms with Crippen molar-refractivity contribution in [3.05, 3.63) is 35.9 Å². The van der Waals surface area contributed by atoms with E-state index >= 15 is 0 Å². The van der Waals surface area contributed by atoms with Gasteiger partial charge in [0.15, 0.2) is 0 Å². The lowest BCUT2D eigenvalue weighted by molar-refractivity contribution is -0.159. The first-order valence-electron chi connectivity index (χ1n) is 6.15. The number of nitrogens with zero attached hydrogens (tertiary/aromatic N) is 1. The van der Waals surface area contributed by atoms with Crippen molar-refractivity contribution in [2.45, 2.75) is 39.0 Å². The van der Waals surface area contributed by atoms with E-state index in [0.29, 0.717) is 0 Å². The van der Waals surface area contributed by atoms with Gasteiger partial charge in [-0.3, -0.25) is 9.69 Å². The third-order valence-corrected chi connectivity index (χ3v) is 2.98. The van der Waals surface area contributed by atoms with Gasteiger partial charge in [-0.15, -0.1) is 0 Å². The van der Waals surface area contributed by atoms with Crippen molar-refractivity contribution in [1.82, 2.24) is 4.90 Å². The summed E-state index contributed by atoms with van der Waals surface area (Å²) in [5.74, 6) is -0.0813. The third-order valence-electron chi connectivity index (χ3n) is 2.98. The van der Waals surface area contributed by atoms with Gasteiger partial charge in [0.05, 0.1) is 6.10 Å². The molecule has 2 rings (SSSR count). The van der Waals surface area contributed by atoms with Crippen LogP contribution in [0, 0.1) is 0 Å². The topological polar surface area (TPSA) is 29.5 Å². The van der Waals surface area contributed by atoms with Gasteiger partial charge in [0.2, 0.25) is 0 Å². The van der Waals surface area contributed by atoms with Crippen molar-refractivity contribution in [1.29, 1.82) is 0 Å². The second-order valence-electron chi connectivity index (χ2n) is 4.75. The van der Waals surface area contributed by atoms with Crippen molar-refractivity contribution >= 4 is 5.97 Å². The predicted octanol–water partition coefficient (Wildman–Crippen LogP) is 2.21. The molecular formula is C14H19NO2. The zero-order valence-electron chi connectivity index (χ0n) is 10.4. The second kappa shape index (κ2) is 5.32. The van der Waals surface area contributed by atoms with E-state index in [-0.39, 0.29) is 18.1 Å². The number of benzene rings is 1. The summed E-state index contributed by atoms with van der Waals surface area (Å²) >= 11 is 0. The summed E-state index contributed by atoms with van der Waals surface area (Å²) in [5, 5.41) is 0. The number of esters is 1. The molecule has 1 aromatic rings. The first kappa shape index (κ1) is 12.1. The van der Waals surface area contributed by atoms with Gasteiger partial charge in [0.1, 0.15) is 6.04 Å². The molecule has 1 saturated heterocycles. The first-order valence-corrected chi connectivity index (χ1v) is 6.15. The number of carbonyl (C=O) groups is 1. The van der Waals surface area contributed by atoms with Gasteiger partial charge in [0, 0.05) is 13.1 Å². The zero-order valence-corrected chi connectivity index (χ0v) is 10.4. The Bertz CT molecular complexity index is 375.